The third-order valence-corrected chi connectivity index (χ3v) is 7.25. The number of carbonyl (C=O) groups excluding carboxylic acids is 2. The fraction of sp³-hybridized carbons (Fsp3) is 0.514. The number of carbonyl (C=O) groups is 2. The number of pyridine rings is 1. The maximum atomic E-state index is 12.3. The van der Waals surface area contributed by atoms with E-state index in [9.17, 15) is 9.59 Å². The molecule has 4 nitrogen and oxygen atoms in total. The van der Waals surface area contributed by atoms with Crippen LogP contribution >= 0.6 is 0 Å². The molecule has 1 amide bonds. The van der Waals surface area contributed by atoms with E-state index in [1.807, 2.05) is 12.1 Å². The SMILES string of the molecule is CC/C=C\C/C=C\C/C=C\C/C=C\C/C=C\CCCC(=O)NCC1CCC(CCC(=O)c2cccnc2)CC1. The minimum absolute atomic E-state index is 0.173. The molecule has 0 unspecified atom stereocenters. The first kappa shape index (κ1) is 32.2. The Labute approximate surface area is 237 Å². The Balaban J connectivity index is 1.42. The van der Waals surface area contributed by atoms with E-state index in [-0.39, 0.29) is 11.7 Å². The molecule has 1 aromatic rings. The zero-order valence-electron chi connectivity index (χ0n) is 24.1. The van der Waals surface area contributed by atoms with Gasteiger partial charge in [0.2, 0.25) is 5.91 Å². The molecule has 1 N–H and O–H groups in total. The van der Waals surface area contributed by atoms with Crippen LogP contribution in [-0.4, -0.2) is 23.2 Å². The molecular formula is C35H50N2O2. The lowest BCUT2D eigenvalue weighted by atomic mass is 9.79. The van der Waals surface area contributed by atoms with Crippen molar-refractivity contribution in [3.63, 3.8) is 0 Å². The van der Waals surface area contributed by atoms with E-state index in [0.717, 1.165) is 89.2 Å². The summed E-state index contributed by atoms with van der Waals surface area (Å²) in [5.41, 5.74) is 0.718. The van der Waals surface area contributed by atoms with E-state index in [0.29, 0.717) is 24.7 Å². The van der Waals surface area contributed by atoms with Gasteiger partial charge in [-0.3, -0.25) is 14.6 Å². The molecule has 0 aromatic carbocycles. The van der Waals surface area contributed by atoms with Gasteiger partial charge in [-0.2, -0.15) is 0 Å². The van der Waals surface area contributed by atoms with Gasteiger partial charge in [-0.15, -0.1) is 0 Å². The van der Waals surface area contributed by atoms with Crippen molar-refractivity contribution in [2.45, 2.75) is 96.8 Å². The van der Waals surface area contributed by atoms with Crippen molar-refractivity contribution >= 4 is 11.7 Å². The molecule has 0 saturated heterocycles. The van der Waals surface area contributed by atoms with Gasteiger partial charge in [0.05, 0.1) is 0 Å². The normalized spacial score (nSPS) is 18.3. The molecule has 1 fully saturated rings. The van der Waals surface area contributed by atoms with Crippen LogP contribution in [0.3, 0.4) is 0 Å². The minimum atomic E-state index is 0.173. The number of unbranched alkanes of at least 4 members (excludes halogenated alkanes) is 1. The van der Waals surface area contributed by atoms with Gasteiger partial charge in [-0.25, -0.2) is 0 Å². The summed E-state index contributed by atoms with van der Waals surface area (Å²) >= 11 is 0. The van der Waals surface area contributed by atoms with Crippen LogP contribution in [0.2, 0.25) is 0 Å². The van der Waals surface area contributed by atoms with E-state index >= 15 is 0 Å². The first-order valence-electron chi connectivity index (χ1n) is 15.1. The number of nitrogens with one attached hydrogen (secondary N) is 1. The zero-order valence-corrected chi connectivity index (χ0v) is 24.1. The van der Waals surface area contributed by atoms with Crippen LogP contribution in [0.4, 0.5) is 0 Å². The summed E-state index contributed by atoms with van der Waals surface area (Å²) in [6.45, 7) is 2.95. The second-order valence-electron chi connectivity index (χ2n) is 10.5. The second kappa shape index (κ2) is 21.9. The quantitative estimate of drug-likeness (QED) is 0.110. The fourth-order valence-corrected chi connectivity index (χ4v) is 4.83. The van der Waals surface area contributed by atoms with Crippen LogP contribution in [-0.2, 0) is 4.79 Å². The molecule has 1 aliphatic carbocycles. The smallest absolute Gasteiger partial charge is 0.220 e. The van der Waals surface area contributed by atoms with Crippen LogP contribution in [0.15, 0.2) is 85.3 Å². The van der Waals surface area contributed by atoms with E-state index in [2.05, 4.69) is 78.0 Å². The van der Waals surface area contributed by atoms with E-state index in [1.54, 1.807) is 12.4 Å². The monoisotopic (exact) mass is 530 g/mol. The number of nitrogens with zero attached hydrogens (tertiary/aromatic N) is 1. The molecule has 4 heteroatoms. The van der Waals surface area contributed by atoms with Gasteiger partial charge in [-0.1, -0.05) is 80.5 Å². The Bertz CT molecular complexity index is 935. The Morgan fingerprint density at radius 2 is 1.41 bits per heavy atom. The lowest BCUT2D eigenvalue weighted by molar-refractivity contribution is -0.121. The van der Waals surface area contributed by atoms with Crippen molar-refractivity contribution in [2.75, 3.05) is 6.54 Å². The molecule has 212 valence electrons. The number of aromatic nitrogens is 1. The van der Waals surface area contributed by atoms with Crippen LogP contribution in [0.5, 0.6) is 0 Å². The maximum Gasteiger partial charge on any atom is 0.220 e. The summed E-state index contributed by atoms with van der Waals surface area (Å²) < 4.78 is 0. The molecule has 1 aromatic heterocycles. The number of ketones is 1. The summed E-state index contributed by atoms with van der Waals surface area (Å²) in [5, 5.41) is 3.14. The van der Waals surface area contributed by atoms with Gasteiger partial charge < -0.3 is 5.32 Å². The molecule has 1 saturated carbocycles. The summed E-state index contributed by atoms with van der Waals surface area (Å²) in [6.07, 6.45) is 39.1. The van der Waals surface area contributed by atoms with Gasteiger partial charge in [0, 0.05) is 37.3 Å². The molecule has 0 aliphatic heterocycles. The Hall–Kier alpha value is -3.01. The van der Waals surface area contributed by atoms with E-state index in [4.69, 9.17) is 0 Å². The third kappa shape index (κ3) is 16.5. The Morgan fingerprint density at radius 1 is 0.821 bits per heavy atom. The average molecular weight is 531 g/mol. The Morgan fingerprint density at radius 3 is 2.00 bits per heavy atom. The number of rotatable bonds is 19. The molecule has 0 bridgehead atoms. The standard InChI is InChI=1S/C35H50N2O2/c1-2-3-4-5-6-7-8-9-10-11-12-13-14-15-16-17-18-21-35(39)37-29-32-24-22-31(23-25-32)26-27-34(38)33-20-19-28-36-30-33/h3-4,6-7,9-10,12-13,15-16,19-20,28,30-32H,2,5,8,11,14,17-18,21-27,29H2,1H3,(H,37,39)/b4-3-,7-6-,10-9-,13-12-,16-15-. The van der Waals surface area contributed by atoms with Crippen molar-refractivity contribution in [2.24, 2.45) is 11.8 Å². The van der Waals surface area contributed by atoms with Crippen molar-refractivity contribution in [3.05, 3.63) is 90.9 Å². The average Bonchev–Trinajstić information content (AvgIpc) is 2.97. The van der Waals surface area contributed by atoms with Crippen molar-refractivity contribution < 1.29 is 9.59 Å². The third-order valence-electron chi connectivity index (χ3n) is 7.25. The Kier molecular flexibility index (Phi) is 18.1. The highest BCUT2D eigenvalue weighted by Crippen LogP contribution is 2.31. The van der Waals surface area contributed by atoms with Crippen LogP contribution in [0.1, 0.15) is 107 Å². The summed E-state index contributed by atoms with van der Waals surface area (Å²) in [7, 11) is 0. The highest BCUT2D eigenvalue weighted by atomic mass is 16.1. The number of Topliss-reactive ketones (excluding diaryl/α,β-unsaturated/α-hetero) is 1. The molecule has 0 radical (unpaired) electrons. The number of amides is 1. The molecule has 0 spiro atoms. The van der Waals surface area contributed by atoms with Crippen molar-refractivity contribution in [1.82, 2.24) is 10.3 Å². The van der Waals surface area contributed by atoms with Gasteiger partial charge in [0.1, 0.15) is 0 Å². The minimum Gasteiger partial charge on any atom is -0.356 e. The zero-order chi connectivity index (χ0) is 27.8. The predicted molar refractivity (Wildman–Crippen MR) is 165 cm³/mol. The number of hydrogen-bond acceptors (Lipinski definition) is 3. The van der Waals surface area contributed by atoms with Crippen molar-refractivity contribution in [1.29, 1.82) is 0 Å². The summed E-state index contributed by atoms with van der Waals surface area (Å²) in [6, 6.07) is 3.66. The molecular weight excluding hydrogens is 480 g/mol. The first-order valence-corrected chi connectivity index (χ1v) is 15.1. The molecule has 2 rings (SSSR count). The van der Waals surface area contributed by atoms with Crippen LogP contribution in [0.25, 0.3) is 0 Å². The number of hydrogen-bond donors (Lipinski definition) is 1. The van der Waals surface area contributed by atoms with E-state index in [1.165, 1.54) is 0 Å². The highest BCUT2D eigenvalue weighted by Gasteiger charge is 2.22. The summed E-state index contributed by atoms with van der Waals surface area (Å²) in [5.74, 6) is 1.57. The molecule has 0 atom stereocenters. The van der Waals surface area contributed by atoms with Gasteiger partial charge in [0.25, 0.3) is 0 Å². The predicted octanol–water partition coefficient (Wildman–Crippen LogP) is 8.89. The fourth-order valence-electron chi connectivity index (χ4n) is 4.83. The van der Waals surface area contributed by atoms with Gasteiger partial charge in [0.15, 0.2) is 5.78 Å². The van der Waals surface area contributed by atoms with Gasteiger partial charge >= 0.3 is 0 Å². The van der Waals surface area contributed by atoms with Crippen LogP contribution < -0.4 is 5.32 Å². The largest absolute Gasteiger partial charge is 0.356 e. The lowest BCUT2D eigenvalue weighted by Gasteiger charge is -2.28. The van der Waals surface area contributed by atoms with E-state index < -0.39 is 0 Å². The number of allylic oxidation sites excluding steroid dienone is 10. The van der Waals surface area contributed by atoms with Crippen molar-refractivity contribution in [3.8, 4) is 0 Å². The molecule has 1 heterocycles. The molecule has 39 heavy (non-hydrogen) atoms. The van der Waals surface area contributed by atoms with Crippen LogP contribution in [0, 0.1) is 11.8 Å². The topological polar surface area (TPSA) is 59.1 Å². The van der Waals surface area contributed by atoms with Gasteiger partial charge in [-0.05, 0) is 88.2 Å². The second-order valence-corrected chi connectivity index (χ2v) is 10.5. The lowest BCUT2D eigenvalue weighted by Crippen LogP contribution is -2.31. The maximum absolute atomic E-state index is 12.3. The summed E-state index contributed by atoms with van der Waals surface area (Å²) in [4.78, 5) is 28.6. The highest BCUT2D eigenvalue weighted by molar-refractivity contribution is 5.95. The molecule has 1 aliphatic rings. The first-order chi connectivity index (χ1) is 19.2.